The van der Waals surface area contributed by atoms with E-state index in [1.807, 2.05) is 0 Å². The molecule has 1 aliphatic rings. The van der Waals surface area contributed by atoms with Gasteiger partial charge in [-0.3, -0.25) is 13.8 Å². The van der Waals surface area contributed by atoms with Crippen molar-refractivity contribution in [2.45, 2.75) is 236 Å². The number of carbonyl (C=O) groups is 1. The molecule has 0 saturated heterocycles. The molecule has 0 aromatic heterocycles. The Bertz CT molecular complexity index is 1130. The van der Waals surface area contributed by atoms with Crippen LogP contribution < -0.4 is 0 Å². The summed E-state index contributed by atoms with van der Waals surface area (Å²) in [7, 11) is -5.02. The molecule has 0 radical (unpaired) electrons. The standard InChI is InChI=1S/C47H87O12P/c1-3-5-7-9-11-13-15-17-19-21-22-24-26-28-30-32-34-36-41(48)58-40(39-57-60(54,55)59-47-45(52)43(50)42(49)44(51)46(47)53)38-56-37-35-33-31-29-27-25-23-20-18-16-14-12-10-8-6-4-2/h12,14,17-20,40,42-47,49-53H,3-11,13,15-16,21-39H2,1-2H3,(H,54,55)/b14-12-,19-17-,20-18-. The van der Waals surface area contributed by atoms with Gasteiger partial charge in [0.1, 0.15) is 42.7 Å². The highest BCUT2D eigenvalue weighted by Gasteiger charge is 2.51. The maximum absolute atomic E-state index is 12.8. The molecule has 1 fully saturated rings. The maximum Gasteiger partial charge on any atom is 0.472 e. The van der Waals surface area contributed by atoms with Crippen LogP contribution in [0.2, 0.25) is 0 Å². The van der Waals surface area contributed by atoms with E-state index in [4.69, 9.17) is 18.5 Å². The summed E-state index contributed by atoms with van der Waals surface area (Å²) in [6, 6.07) is 0. The number of aliphatic hydroxyl groups is 5. The molecular weight excluding hydrogens is 787 g/mol. The minimum absolute atomic E-state index is 0.0848. The molecule has 352 valence electrons. The number of rotatable bonds is 40. The Balaban J connectivity index is 2.39. The number of hydrogen-bond acceptors (Lipinski definition) is 11. The van der Waals surface area contributed by atoms with E-state index in [2.05, 4.69) is 50.3 Å². The minimum Gasteiger partial charge on any atom is -0.457 e. The molecule has 6 atom stereocenters. The molecule has 0 aromatic carbocycles. The summed E-state index contributed by atoms with van der Waals surface area (Å²) in [5, 5.41) is 50.2. The van der Waals surface area contributed by atoms with Crippen LogP contribution in [0.25, 0.3) is 0 Å². The molecule has 60 heavy (non-hydrogen) atoms. The Labute approximate surface area is 363 Å². The Morgan fingerprint density at radius 1 is 0.533 bits per heavy atom. The molecule has 0 heterocycles. The van der Waals surface area contributed by atoms with Crippen molar-refractivity contribution >= 4 is 13.8 Å². The van der Waals surface area contributed by atoms with Crippen molar-refractivity contribution in [3.63, 3.8) is 0 Å². The molecule has 0 spiro atoms. The second-order valence-electron chi connectivity index (χ2n) is 16.6. The lowest BCUT2D eigenvalue weighted by Gasteiger charge is -2.41. The average molecular weight is 875 g/mol. The van der Waals surface area contributed by atoms with Crippen molar-refractivity contribution in [2.24, 2.45) is 0 Å². The number of hydrogen-bond donors (Lipinski definition) is 6. The minimum atomic E-state index is -5.02. The quantitative estimate of drug-likeness (QED) is 0.0148. The van der Waals surface area contributed by atoms with Gasteiger partial charge in [-0.05, 0) is 70.6 Å². The highest BCUT2D eigenvalue weighted by molar-refractivity contribution is 7.47. The summed E-state index contributed by atoms with van der Waals surface area (Å²) in [6.45, 7) is 4.21. The van der Waals surface area contributed by atoms with Crippen molar-refractivity contribution in [1.29, 1.82) is 0 Å². The van der Waals surface area contributed by atoms with Crippen molar-refractivity contribution in [3.05, 3.63) is 36.5 Å². The summed E-state index contributed by atoms with van der Waals surface area (Å²) in [5.41, 5.74) is 0. The van der Waals surface area contributed by atoms with Crippen LogP contribution >= 0.6 is 7.82 Å². The van der Waals surface area contributed by atoms with E-state index in [0.717, 1.165) is 70.6 Å². The van der Waals surface area contributed by atoms with E-state index in [-0.39, 0.29) is 13.0 Å². The summed E-state index contributed by atoms with van der Waals surface area (Å²) >= 11 is 0. The van der Waals surface area contributed by atoms with Gasteiger partial charge in [0.2, 0.25) is 0 Å². The SMILES string of the molecule is CCCCC/C=C\C/C=C\CCCCCCCCOCC(COP(=O)(O)OC1C(O)C(O)C(O)C(O)C1O)OC(=O)CCCCCCCCC/C=C\CCCCCCCC. The van der Waals surface area contributed by atoms with Crippen LogP contribution in [0.1, 0.15) is 194 Å². The molecule has 1 rings (SSSR count). The highest BCUT2D eigenvalue weighted by Crippen LogP contribution is 2.47. The molecule has 6 unspecified atom stereocenters. The first kappa shape index (κ1) is 56.6. The zero-order chi connectivity index (χ0) is 44.1. The van der Waals surface area contributed by atoms with Gasteiger partial charge in [-0.2, -0.15) is 0 Å². The topological polar surface area (TPSA) is 192 Å². The van der Waals surface area contributed by atoms with Gasteiger partial charge < -0.3 is 39.9 Å². The monoisotopic (exact) mass is 875 g/mol. The zero-order valence-electron chi connectivity index (χ0n) is 37.5. The second-order valence-corrected chi connectivity index (χ2v) is 18.0. The maximum atomic E-state index is 12.8. The van der Waals surface area contributed by atoms with Crippen molar-refractivity contribution in [3.8, 4) is 0 Å². The Hall–Kier alpha value is -1.44. The van der Waals surface area contributed by atoms with Crippen LogP contribution in [-0.4, -0.2) is 98.9 Å². The van der Waals surface area contributed by atoms with Crippen molar-refractivity contribution in [2.75, 3.05) is 19.8 Å². The van der Waals surface area contributed by atoms with Crippen LogP contribution in [0.15, 0.2) is 36.5 Å². The van der Waals surface area contributed by atoms with E-state index in [1.165, 1.54) is 96.3 Å². The lowest BCUT2D eigenvalue weighted by molar-refractivity contribution is -0.220. The van der Waals surface area contributed by atoms with Crippen molar-refractivity contribution < 1.29 is 58.3 Å². The summed E-state index contributed by atoms with van der Waals surface area (Å²) < 4.78 is 34.2. The number of phosphoric acid groups is 1. The van der Waals surface area contributed by atoms with Crippen LogP contribution in [0.5, 0.6) is 0 Å². The predicted octanol–water partition coefficient (Wildman–Crippen LogP) is 9.87. The Morgan fingerprint density at radius 2 is 0.933 bits per heavy atom. The number of esters is 1. The lowest BCUT2D eigenvalue weighted by Crippen LogP contribution is -2.64. The van der Waals surface area contributed by atoms with Gasteiger partial charge in [0, 0.05) is 13.0 Å². The van der Waals surface area contributed by atoms with E-state index in [1.54, 1.807) is 0 Å². The number of aliphatic hydroxyl groups excluding tert-OH is 5. The smallest absolute Gasteiger partial charge is 0.457 e. The largest absolute Gasteiger partial charge is 0.472 e. The summed E-state index contributed by atoms with van der Waals surface area (Å²) in [5.74, 6) is -0.485. The molecular formula is C47H87O12P. The second kappa shape index (κ2) is 38.1. The molecule has 6 N–H and O–H groups in total. The Kier molecular flexibility index (Phi) is 35.9. The van der Waals surface area contributed by atoms with Gasteiger partial charge in [-0.1, -0.05) is 153 Å². The normalized spacial score (nSPS) is 22.6. The average Bonchev–Trinajstić information content (AvgIpc) is 3.23. The van der Waals surface area contributed by atoms with Crippen LogP contribution in [0.4, 0.5) is 0 Å². The molecule has 0 aromatic rings. The molecule has 1 saturated carbocycles. The molecule has 0 aliphatic heterocycles. The van der Waals surface area contributed by atoms with Crippen LogP contribution in [-0.2, 0) is 27.9 Å². The molecule has 13 heteroatoms. The molecule has 1 aliphatic carbocycles. The molecule has 0 amide bonds. The molecule has 12 nitrogen and oxygen atoms in total. The summed E-state index contributed by atoms with van der Waals surface area (Å²) in [4.78, 5) is 23.2. The van der Waals surface area contributed by atoms with E-state index in [0.29, 0.717) is 13.0 Å². The lowest BCUT2D eigenvalue weighted by atomic mass is 9.85. The van der Waals surface area contributed by atoms with Gasteiger partial charge in [0.25, 0.3) is 0 Å². The third-order valence-corrected chi connectivity index (χ3v) is 12.0. The number of phosphoric ester groups is 1. The van der Waals surface area contributed by atoms with Crippen LogP contribution in [0, 0.1) is 0 Å². The van der Waals surface area contributed by atoms with Gasteiger partial charge in [-0.25, -0.2) is 4.57 Å². The fourth-order valence-corrected chi connectivity index (χ4v) is 8.12. The first-order chi connectivity index (χ1) is 29.0. The van der Waals surface area contributed by atoms with Gasteiger partial charge >= 0.3 is 13.8 Å². The number of ether oxygens (including phenoxy) is 2. The zero-order valence-corrected chi connectivity index (χ0v) is 38.4. The van der Waals surface area contributed by atoms with E-state index >= 15 is 0 Å². The number of unbranched alkanes of at least 4 members (excludes halogenated alkanes) is 22. The van der Waals surface area contributed by atoms with E-state index in [9.17, 15) is 39.8 Å². The summed E-state index contributed by atoms with van der Waals surface area (Å²) in [6.07, 6.45) is 32.0. The first-order valence-electron chi connectivity index (χ1n) is 23.8. The Morgan fingerprint density at radius 3 is 1.45 bits per heavy atom. The molecule has 0 bridgehead atoms. The fraction of sp³-hybridized carbons (Fsp3) is 0.851. The van der Waals surface area contributed by atoms with Gasteiger partial charge in [0.05, 0.1) is 13.2 Å². The number of allylic oxidation sites excluding steroid dienone is 6. The number of carbonyl (C=O) groups excluding carboxylic acids is 1. The van der Waals surface area contributed by atoms with Crippen molar-refractivity contribution in [1.82, 2.24) is 0 Å². The highest BCUT2D eigenvalue weighted by atomic mass is 31.2. The third-order valence-electron chi connectivity index (χ3n) is 11.0. The van der Waals surface area contributed by atoms with Gasteiger partial charge in [0.15, 0.2) is 0 Å². The first-order valence-corrected chi connectivity index (χ1v) is 25.3. The fourth-order valence-electron chi connectivity index (χ4n) is 7.14. The third kappa shape index (κ3) is 29.8. The predicted molar refractivity (Wildman–Crippen MR) is 239 cm³/mol. The van der Waals surface area contributed by atoms with Crippen LogP contribution in [0.3, 0.4) is 0 Å². The van der Waals surface area contributed by atoms with E-state index < -0.39 is 63.1 Å². The van der Waals surface area contributed by atoms with Gasteiger partial charge in [-0.15, -0.1) is 0 Å².